The summed E-state index contributed by atoms with van der Waals surface area (Å²) in [5, 5.41) is 6.09. The van der Waals surface area contributed by atoms with E-state index in [1.165, 1.54) is 0 Å². The molecule has 0 fully saturated rings. The van der Waals surface area contributed by atoms with E-state index >= 15 is 0 Å². The van der Waals surface area contributed by atoms with Gasteiger partial charge in [-0.25, -0.2) is 15.0 Å². The molecule has 0 spiro atoms. The summed E-state index contributed by atoms with van der Waals surface area (Å²) in [6, 6.07) is 51.1. The van der Waals surface area contributed by atoms with Gasteiger partial charge < -0.3 is 13.3 Å². The Bertz CT molecular complexity index is 3150. The zero-order valence-electron chi connectivity index (χ0n) is 27.0. The van der Waals surface area contributed by atoms with Crippen LogP contribution in [-0.4, -0.2) is 15.0 Å². The van der Waals surface area contributed by atoms with Gasteiger partial charge in [-0.15, -0.1) is 0 Å². The summed E-state index contributed by atoms with van der Waals surface area (Å²) in [5.41, 5.74) is 9.73. The molecule has 0 aliphatic carbocycles. The summed E-state index contributed by atoms with van der Waals surface area (Å²) in [6.07, 6.45) is 0. The van der Waals surface area contributed by atoms with Gasteiger partial charge >= 0.3 is 0 Å². The molecule has 0 amide bonds. The van der Waals surface area contributed by atoms with Crippen molar-refractivity contribution in [3.63, 3.8) is 0 Å². The number of para-hydroxylation sites is 2. The lowest BCUT2D eigenvalue weighted by molar-refractivity contribution is 0.668. The lowest BCUT2D eigenvalue weighted by atomic mass is 9.99. The molecule has 11 aromatic rings. The average molecular weight is 656 g/mol. The zero-order chi connectivity index (χ0) is 33.5. The van der Waals surface area contributed by atoms with E-state index in [-0.39, 0.29) is 0 Å². The maximum atomic E-state index is 6.37. The van der Waals surface area contributed by atoms with Crippen LogP contribution in [0.3, 0.4) is 0 Å². The number of rotatable bonds is 4. The smallest absolute Gasteiger partial charge is 0.164 e. The minimum absolute atomic E-state index is 0.561. The normalized spacial score (nSPS) is 11.9. The van der Waals surface area contributed by atoms with Crippen molar-refractivity contribution in [1.82, 2.24) is 15.0 Å². The number of hydrogen-bond acceptors (Lipinski definition) is 6. The second-order valence-electron chi connectivity index (χ2n) is 12.8. The Kier molecular flexibility index (Phi) is 5.86. The molecule has 0 aliphatic rings. The van der Waals surface area contributed by atoms with Crippen molar-refractivity contribution < 1.29 is 13.3 Å². The second kappa shape index (κ2) is 10.7. The van der Waals surface area contributed by atoms with Gasteiger partial charge in [-0.3, -0.25) is 0 Å². The molecule has 0 atom stereocenters. The van der Waals surface area contributed by atoms with Gasteiger partial charge in [0.1, 0.15) is 33.5 Å². The third-order valence-corrected chi connectivity index (χ3v) is 9.75. The van der Waals surface area contributed by atoms with Crippen LogP contribution in [0.4, 0.5) is 0 Å². The molecule has 11 rings (SSSR count). The summed E-state index contributed by atoms with van der Waals surface area (Å²) in [6.45, 7) is 0. The van der Waals surface area contributed by atoms with Gasteiger partial charge in [-0.05, 0) is 71.8 Å². The van der Waals surface area contributed by atoms with E-state index < -0.39 is 0 Å². The summed E-state index contributed by atoms with van der Waals surface area (Å²) >= 11 is 0. The molecule has 4 heterocycles. The molecule has 0 radical (unpaired) electrons. The fraction of sp³-hybridized carbons (Fsp3) is 0. The van der Waals surface area contributed by atoms with Crippen LogP contribution >= 0.6 is 0 Å². The maximum Gasteiger partial charge on any atom is 0.164 e. The molecule has 0 unspecified atom stereocenters. The fourth-order valence-electron chi connectivity index (χ4n) is 7.40. The van der Waals surface area contributed by atoms with Crippen LogP contribution in [0, 0.1) is 0 Å². The lowest BCUT2D eigenvalue weighted by Crippen LogP contribution is -2.00. The minimum atomic E-state index is 0.561. The SMILES string of the molecule is c1ccc(-c2cccc3oc4ccc(-c5nc(-c6ccc7oc8ccccc8c7c6)nc(-c6cccc7oc8ccccc8c67)n5)cc4c23)cc1. The molecule has 0 saturated carbocycles. The molecule has 0 N–H and O–H groups in total. The van der Waals surface area contributed by atoms with Gasteiger partial charge in [0.15, 0.2) is 17.5 Å². The Morgan fingerprint density at radius 2 is 0.784 bits per heavy atom. The number of aromatic nitrogens is 3. The van der Waals surface area contributed by atoms with Gasteiger partial charge in [0.2, 0.25) is 0 Å². The summed E-state index contributed by atoms with van der Waals surface area (Å²) in [5.74, 6) is 1.69. The molecule has 4 aromatic heterocycles. The van der Waals surface area contributed by atoms with E-state index in [1.54, 1.807) is 0 Å². The van der Waals surface area contributed by atoms with Crippen molar-refractivity contribution in [3.05, 3.63) is 152 Å². The van der Waals surface area contributed by atoms with Crippen LogP contribution in [-0.2, 0) is 0 Å². The molecule has 0 bridgehead atoms. The predicted molar refractivity (Wildman–Crippen MR) is 203 cm³/mol. The van der Waals surface area contributed by atoms with Crippen LogP contribution in [0.2, 0.25) is 0 Å². The Labute approximate surface area is 290 Å². The summed E-state index contributed by atoms with van der Waals surface area (Å²) in [4.78, 5) is 15.5. The number of hydrogen-bond donors (Lipinski definition) is 0. The van der Waals surface area contributed by atoms with E-state index in [9.17, 15) is 0 Å². The number of nitrogens with zero attached hydrogens (tertiary/aromatic N) is 3. The molecular formula is C45H25N3O3. The van der Waals surface area contributed by atoms with Gasteiger partial charge in [-0.1, -0.05) is 91.0 Å². The fourth-order valence-corrected chi connectivity index (χ4v) is 7.40. The van der Waals surface area contributed by atoms with Crippen LogP contribution in [0.25, 0.3) is 111 Å². The van der Waals surface area contributed by atoms with Crippen LogP contribution < -0.4 is 0 Å². The number of fused-ring (bicyclic) bond motifs is 9. The predicted octanol–water partition coefficient (Wildman–Crippen LogP) is 12.2. The number of furan rings is 3. The maximum absolute atomic E-state index is 6.37. The van der Waals surface area contributed by atoms with Crippen LogP contribution in [0.15, 0.2) is 165 Å². The van der Waals surface area contributed by atoms with Gasteiger partial charge in [0, 0.05) is 49.0 Å². The largest absolute Gasteiger partial charge is 0.456 e. The van der Waals surface area contributed by atoms with Gasteiger partial charge in [-0.2, -0.15) is 0 Å². The molecular weight excluding hydrogens is 631 g/mol. The van der Waals surface area contributed by atoms with Crippen molar-refractivity contribution in [2.45, 2.75) is 0 Å². The van der Waals surface area contributed by atoms with E-state index in [2.05, 4.69) is 60.7 Å². The van der Waals surface area contributed by atoms with E-state index in [1.807, 2.05) is 91.0 Å². The third kappa shape index (κ3) is 4.33. The first-order valence-electron chi connectivity index (χ1n) is 16.8. The molecule has 7 aromatic carbocycles. The van der Waals surface area contributed by atoms with Gasteiger partial charge in [0.25, 0.3) is 0 Å². The Balaban J connectivity index is 1.17. The average Bonchev–Trinajstić information content (AvgIpc) is 3.88. The second-order valence-corrected chi connectivity index (χ2v) is 12.8. The quantitative estimate of drug-likeness (QED) is 0.188. The van der Waals surface area contributed by atoms with Crippen molar-refractivity contribution in [3.8, 4) is 45.3 Å². The first-order chi connectivity index (χ1) is 25.2. The first kappa shape index (κ1) is 27.9. The monoisotopic (exact) mass is 655 g/mol. The molecule has 6 heteroatoms. The highest BCUT2D eigenvalue weighted by molar-refractivity contribution is 6.14. The van der Waals surface area contributed by atoms with Crippen LogP contribution in [0.5, 0.6) is 0 Å². The first-order valence-corrected chi connectivity index (χ1v) is 16.8. The Morgan fingerprint density at radius 3 is 1.51 bits per heavy atom. The van der Waals surface area contributed by atoms with Crippen LogP contribution in [0.1, 0.15) is 0 Å². The molecule has 0 aliphatic heterocycles. The molecule has 6 nitrogen and oxygen atoms in total. The highest BCUT2D eigenvalue weighted by Gasteiger charge is 2.20. The highest BCUT2D eigenvalue weighted by atomic mass is 16.3. The number of benzene rings is 7. The summed E-state index contributed by atoms with van der Waals surface area (Å²) < 4.78 is 18.8. The third-order valence-electron chi connectivity index (χ3n) is 9.75. The zero-order valence-corrected chi connectivity index (χ0v) is 27.0. The Morgan fingerprint density at radius 1 is 0.294 bits per heavy atom. The van der Waals surface area contributed by atoms with Crippen molar-refractivity contribution in [2.24, 2.45) is 0 Å². The molecule has 238 valence electrons. The van der Waals surface area contributed by atoms with Crippen molar-refractivity contribution >= 4 is 65.8 Å². The van der Waals surface area contributed by atoms with Crippen molar-refractivity contribution in [2.75, 3.05) is 0 Å². The minimum Gasteiger partial charge on any atom is -0.456 e. The Hall–Kier alpha value is -7.05. The van der Waals surface area contributed by atoms with Crippen molar-refractivity contribution in [1.29, 1.82) is 0 Å². The molecule has 51 heavy (non-hydrogen) atoms. The highest BCUT2D eigenvalue weighted by Crippen LogP contribution is 2.40. The van der Waals surface area contributed by atoms with E-state index in [4.69, 9.17) is 28.2 Å². The van der Waals surface area contributed by atoms with E-state index in [0.717, 1.165) is 93.6 Å². The lowest BCUT2D eigenvalue weighted by Gasteiger charge is -2.10. The van der Waals surface area contributed by atoms with Gasteiger partial charge in [0.05, 0.1) is 0 Å². The van der Waals surface area contributed by atoms with E-state index in [0.29, 0.717) is 17.5 Å². The standard InChI is InChI=1S/C45H25N3O3/c1-2-10-26(11-3-1)29-14-8-18-39-41(29)34-25-28(21-23-38(34)51-39)44-46-43(27-20-22-37-33(24-27)30-12-4-6-16-35(30)49-37)47-45(48-44)32-15-9-19-40-42(32)31-13-5-7-17-36(31)50-40/h1-25H. The molecule has 0 saturated heterocycles. The summed E-state index contributed by atoms with van der Waals surface area (Å²) in [7, 11) is 0. The topological polar surface area (TPSA) is 78.1 Å².